The molecular formula is C14H19F3N6O2S. The highest BCUT2D eigenvalue weighted by Crippen LogP contribution is 2.34. The molecule has 8 nitrogen and oxygen atoms in total. The Morgan fingerprint density at radius 3 is 2.50 bits per heavy atom. The lowest BCUT2D eigenvalue weighted by atomic mass is 10.1. The zero-order valence-electron chi connectivity index (χ0n) is 14.2. The molecule has 0 aromatic carbocycles. The van der Waals surface area contributed by atoms with Gasteiger partial charge in [0.25, 0.3) is 10.0 Å². The second-order valence-corrected chi connectivity index (χ2v) is 7.90. The zero-order chi connectivity index (χ0) is 19.1. The number of aryl methyl sites for hydroxylation is 1. The van der Waals surface area contributed by atoms with Crippen LogP contribution in [0.5, 0.6) is 0 Å². The lowest BCUT2D eigenvalue weighted by Crippen LogP contribution is -2.31. The van der Waals surface area contributed by atoms with Gasteiger partial charge in [0.2, 0.25) is 0 Å². The minimum Gasteiger partial charge on any atom is -0.306 e. The average molecular weight is 392 g/mol. The standard InChI is InChI=1S/C14H19F3N6O2S/c1-21-6-3-10(4-7-21)23-8-5-12(19-23)20-26(24,25)13-11(14(15,16)17)9-18-22(13)2/h5,8-10H,3-4,6-7H2,1-2H3,(H,19,20). The summed E-state index contributed by atoms with van der Waals surface area (Å²) in [7, 11) is -1.34. The molecule has 1 saturated heterocycles. The summed E-state index contributed by atoms with van der Waals surface area (Å²) in [4.78, 5) is 2.19. The molecule has 1 N–H and O–H groups in total. The first kappa shape index (κ1) is 18.7. The Kier molecular flexibility index (Phi) is 4.73. The third kappa shape index (κ3) is 3.70. The van der Waals surface area contributed by atoms with Crippen LogP contribution < -0.4 is 4.72 Å². The van der Waals surface area contributed by atoms with Gasteiger partial charge in [-0.05, 0) is 33.0 Å². The van der Waals surface area contributed by atoms with E-state index in [0.29, 0.717) is 10.9 Å². The van der Waals surface area contributed by atoms with E-state index in [0.717, 1.165) is 33.0 Å². The third-order valence-corrected chi connectivity index (χ3v) is 5.82. The minimum absolute atomic E-state index is 0.0294. The van der Waals surface area contributed by atoms with Crippen molar-refractivity contribution in [1.29, 1.82) is 0 Å². The number of rotatable bonds is 4. The van der Waals surface area contributed by atoms with Gasteiger partial charge in [-0.3, -0.25) is 14.1 Å². The van der Waals surface area contributed by atoms with Crippen LogP contribution in [0.15, 0.2) is 23.5 Å². The molecule has 2 aromatic rings. The van der Waals surface area contributed by atoms with E-state index in [9.17, 15) is 21.6 Å². The van der Waals surface area contributed by atoms with E-state index in [1.807, 2.05) is 7.05 Å². The molecule has 0 atom stereocenters. The maximum atomic E-state index is 13.0. The fourth-order valence-electron chi connectivity index (χ4n) is 2.98. The van der Waals surface area contributed by atoms with Crippen LogP contribution in [-0.4, -0.2) is 53.0 Å². The van der Waals surface area contributed by atoms with E-state index in [1.165, 1.54) is 6.07 Å². The molecule has 0 amide bonds. The van der Waals surface area contributed by atoms with Crippen molar-refractivity contribution in [2.75, 3.05) is 24.9 Å². The molecule has 0 saturated carbocycles. The summed E-state index contributed by atoms with van der Waals surface area (Å²) in [5.41, 5.74) is -1.32. The molecule has 3 rings (SSSR count). The van der Waals surface area contributed by atoms with Crippen LogP contribution in [0.4, 0.5) is 19.0 Å². The Balaban J connectivity index is 1.82. The molecule has 0 aliphatic carbocycles. The lowest BCUT2D eigenvalue weighted by Gasteiger charge is -2.28. The monoisotopic (exact) mass is 392 g/mol. The van der Waals surface area contributed by atoms with Gasteiger partial charge in [0.05, 0.1) is 12.2 Å². The summed E-state index contributed by atoms with van der Waals surface area (Å²) in [6.45, 7) is 1.80. The van der Waals surface area contributed by atoms with E-state index >= 15 is 0 Å². The molecule has 0 bridgehead atoms. The van der Waals surface area contributed by atoms with Gasteiger partial charge in [0, 0.05) is 19.3 Å². The van der Waals surface area contributed by atoms with Crippen LogP contribution in [0.25, 0.3) is 0 Å². The zero-order valence-corrected chi connectivity index (χ0v) is 15.0. The van der Waals surface area contributed by atoms with Crippen molar-refractivity contribution in [2.45, 2.75) is 30.1 Å². The van der Waals surface area contributed by atoms with E-state index in [4.69, 9.17) is 0 Å². The fraction of sp³-hybridized carbons (Fsp3) is 0.571. The van der Waals surface area contributed by atoms with Crippen molar-refractivity contribution in [2.24, 2.45) is 7.05 Å². The molecule has 12 heteroatoms. The Morgan fingerprint density at radius 2 is 1.88 bits per heavy atom. The summed E-state index contributed by atoms with van der Waals surface area (Å²) in [6.07, 6.45) is -0.978. The molecule has 0 radical (unpaired) electrons. The lowest BCUT2D eigenvalue weighted by molar-refractivity contribution is -0.140. The molecular weight excluding hydrogens is 373 g/mol. The number of aromatic nitrogens is 4. The Hall–Kier alpha value is -2.08. The summed E-state index contributed by atoms with van der Waals surface area (Å²) in [5.74, 6) is -0.0294. The number of nitrogens with zero attached hydrogens (tertiary/aromatic N) is 5. The number of hydrogen-bond acceptors (Lipinski definition) is 5. The molecule has 144 valence electrons. The Labute approximate surface area is 148 Å². The molecule has 3 heterocycles. The van der Waals surface area contributed by atoms with Crippen molar-refractivity contribution >= 4 is 15.8 Å². The fourth-order valence-corrected chi connectivity index (χ4v) is 4.31. The average Bonchev–Trinajstić information content (AvgIpc) is 3.14. The highest BCUT2D eigenvalue weighted by Gasteiger charge is 2.40. The Bertz CT molecular complexity index is 881. The first-order chi connectivity index (χ1) is 12.1. The van der Waals surface area contributed by atoms with E-state index in [1.54, 1.807) is 10.9 Å². The number of likely N-dealkylation sites (tertiary alicyclic amines) is 1. The SMILES string of the molecule is CN1CCC(n2ccc(NS(=O)(=O)c3c(C(F)(F)F)cnn3C)n2)CC1. The van der Waals surface area contributed by atoms with Crippen LogP contribution in [-0.2, 0) is 23.2 Å². The maximum Gasteiger partial charge on any atom is 0.420 e. The van der Waals surface area contributed by atoms with Gasteiger partial charge < -0.3 is 4.90 Å². The van der Waals surface area contributed by atoms with Crippen molar-refractivity contribution < 1.29 is 21.6 Å². The number of anilines is 1. The van der Waals surface area contributed by atoms with E-state index in [2.05, 4.69) is 19.8 Å². The highest BCUT2D eigenvalue weighted by molar-refractivity contribution is 7.92. The smallest absolute Gasteiger partial charge is 0.306 e. The van der Waals surface area contributed by atoms with Gasteiger partial charge in [0.15, 0.2) is 10.8 Å². The van der Waals surface area contributed by atoms with Crippen LogP contribution >= 0.6 is 0 Å². The topological polar surface area (TPSA) is 85.0 Å². The summed E-state index contributed by atoms with van der Waals surface area (Å²) in [6, 6.07) is 1.56. The maximum absolute atomic E-state index is 13.0. The molecule has 0 spiro atoms. The van der Waals surface area contributed by atoms with Gasteiger partial charge in [-0.2, -0.15) is 31.8 Å². The van der Waals surface area contributed by atoms with Crippen LogP contribution in [0, 0.1) is 0 Å². The first-order valence-corrected chi connectivity index (χ1v) is 9.42. The van der Waals surface area contributed by atoms with Crippen LogP contribution in [0.1, 0.15) is 24.4 Å². The normalized spacial score (nSPS) is 17.6. The van der Waals surface area contributed by atoms with Crippen molar-refractivity contribution in [3.05, 3.63) is 24.0 Å². The van der Waals surface area contributed by atoms with Crippen molar-refractivity contribution in [3.8, 4) is 0 Å². The van der Waals surface area contributed by atoms with Crippen LogP contribution in [0.2, 0.25) is 0 Å². The van der Waals surface area contributed by atoms with Crippen molar-refractivity contribution in [1.82, 2.24) is 24.5 Å². The molecule has 1 fully saturated rings. The van der Waals surface area contributed by atoms with Gasteiger partial charge in [-0.25, -0.2) is 0 Å². The van der Waals surface area contributed by atoms with E-state index < -0.39 is 26.8 Å². The van der Waals surface area contributed by atoms with Crippen molar-refractivity contribution in [3.63, 3.8) is 0 Å². The molecule has 0 unspecified atom stereocenters. The second kappa shape index (κ2) is 6.58. The van der Waals surface area contributed by atoms with Gasteiger partial charge >= 0.3 is 6.18 Å². The minimum atomic E-state index is -4.83. The number of piperidine rings is 1. The first-order valence-electron chi connectivity index (χ1n) is 7.93. The molecule has 1 aliphatic heterocycles. The van der Waals surface area contributed by atoms with Gasteiger partial charge in [0.1, 0.15) is 5.56 Å². The molecule has 1 aliphatic rings. The van der Waals surface area contributed by atoms with Gasteiger partial charge in [-0.1, -0.05) is 0 Å². The largest absolute Gasteiger partial charge is 0.420 e. The number of alkyl halides is 3. The number of nitrogens with one attached hydrogen (secondary N) is 1. The van der Waals surface area contributed by atoms with Crippen LogP contribution in [0.3, 0.4) is 0 Å². The second-order valence-electron chi connectivity index (χ2n) is 6.31. The number of sulfonamides is 1. The molecule has 26 heavy (non-hydrogen) atoms. The van der Waals surface area contributed by atoms with E-state index in [-0.39, 0.29) is 11.9 Å². The highest BCUT2D eigenvalue weighted by atomic mass is 32.2. The third-order valence-electron chi connectivity index (χ3n) is 4.35. The number of halogens is 3. The summed E-state index contributed by atoms with van der Waals surface area (Å²) >= 11 is 0. The Morgan fingerprint density at radius 1 is 1.23 bits per heavy atom. The number of hydrogen-bond donors (Lipinski definition) is 1. The predicted molar refractivity (Wildman–Crippen MR) is 87.0 cm³/mol. The van der Waals surface area contributed by atoms with Gasteiger partial charge in [-0.15, -0.1) is 0 Å². The summed E-state index contributed by atoms with van der Waals surface area (Å²) in [5, 5.41) is 6.65. The molecule has 2 aromatic heterocycles. The predicted octanol–water partition coefficient (Wildman–Crippen LogP) is 1.70. The summed E-state index contributed by atoms with van der Waals surface area (Å²) < 4.78 is 68.5. The quantitative estimate of drug-likeness (QED) is 0.856.